The van der Waals surface area contributed by atoms with Gasteiger partial charge in [-0.3, -0.25) is 4.79 Å². The van der Waals surface area contributed by atoms with E-state index in [9.17, 15) is 13.2 Å². The molecule has 6 nitrogen and oxygen atoms in total. The molecule has 7 heteroatoms. The van der Waals surface area contributed by atoms with Crippen LogP contribution in [0.25, 0.3) is 0 Å². The third-order valence-corrected chi connectivity index (χ3v) is 4.86. The molecular formula is C12H17NO5S. The van der Waals surface area contributed by atoms with Gasteiger partial charge in [-0.1, -0.05) is 12.1 Å². The summed E-state index contributed by atoms with van der Waals surface area (Å²) in [6.07, 6.45) is 0. The number of carboxylic acids is 1. The molecule has 0 fully saturated rings. The van der Waals surface area contributed by atoms with Crippen molar-refractivity contribution in [3.8, 4) is 5.75 Å². The fraction of sp³-hybridized carbons (Fsp3) is 0.417. The van der Waals surface area contributed by atoms with Gasteiger partial charge in [0.1, 0.15) is 5.75 Å². The van der Waals surface area contributed by atoms with Crippen LogP contribution in [0.3, 0.4) is 0 Å². The molecule has 0 saturated heterocycles. The maximum atomic E-state index is 11.9. The minimum atomic E-state index is -3.86. The zero-order valence-electron chi connectivity index (χ0n) is 11.0. The van der Waals surface area contributed by atoms with Gasteiger partial charge >= 0.3 is 5.97 Å². The molecule has 0 aromatic heterocycles. The van der Waals surface area contributed by atoms with Gasteiger partial charge in [-0.15, -0.1) is 0 Å². The van der Waals surface area contributed by atoms with E-state index >= 15 is 0 Å². The van der Waals surface area contributed by atoms with Crippen molar-refractivity contribution in [1.29, 1.82) is 0 Å². The lowest BCUT2D eigenvalue weighted by atomic mass is 10.2. The fourth-order valence-corrected chi connectivity index (χ4v) is 2.64. The second kappa shape index (κ2) is 6.03. The van der Waals surface area contributed by atoms with Crippen molar-refractivity contribution in [2.24, 2.45) is 0 Å². The zero-order valence-corrected chi connectivity index (χ0v) is 11.8. The smallest absolute Gasteiger partial charge is 0.323 e. The molecule has 0 amide bonds. The first kappa shape index (κ1) is 15.5. The maximum absolute atomic E-state index is 11.9. The minimum absolute atomic E-state index is 0.0944. The van der Waals surface area contributed by atoms with Gasteiger partial charge in [0.25, 0.3) is 0 Å². The highest BCUT2D eigenvalue weighted by Gasteiger charge is 2.31. The average molecular weight is 287 g/mol. The Morgan fingerprint density at radius 1 is 1.47 bits per heavy atom. The average Bonchev–Trinajstić information content (AvgIpc) is 2.37. The van der Waals surface area contributed by atoms with E-state index in [1.54, 1.807) is 24.3 Å². The molecular weight excluding hydrogens is 270 g/mol. The van der Waals surface area contributed by atoms with Crippen LogP contribution in [-0.4, -0.2) is 43.2 Å². The standard InChI is InChI=1S/C12H17NO5S/c1-9(12(14)15)19(16,17)13(2)8-10-5-4-6-11(7-10)18-3/h4-7,9H,8H2,1-3H3,(H,14,15). The predicted molar refractivity (Wildman–Crippen MR) is 70.5 cm³/mol. The van der Waals surface area contributed by atoms with Gasteiger partial charge in [-0.25, -0.2) is 8.42 Å². The number of hydrogen-bond acceptors (Lipinski definition) is 4. The molecule has 0 aliphatic rings. The van der Waals surface area contributed by atoms with E-state index in [1.165, 1.54) is 14.2 Å². The van der Waals surface area contributed by atoms with E-state index in [0.717, 1.165) is 16.8 Å². The van der Waals surface area contributed by atoms with E-state index in [4.69, 9.17) is 9.84 Å². The predicted octanol–water partition coefficient (Wildman–Crippen LogP) is 0.930. The Morgan fingerprint density at radius 3 is 2.63 bits per heavy atom. The van der Waals surface area contributed by atoms with E-state index in [-0.39, 0.29) is 6.54 Å². The molecule has 1 N–H and O–H groups in total. The lowest BCUT2D eigenvalue weighted by Gasteiger charge is -2.19. The number of sulfonamides is 1. The second-order valence-electron chi connectivity index (χ2n) is 4.13. The summed E-state index contributed by atoms with van der Waals surface area (Å²) in [6, 6.07) is 6.95. The number of rotatable bonds is 6. The molecule has 0 spiro atoms. The van der Waals surface area contributed by atoms with Crippen molar-refractivity contribution in [3.63, 3.8) is 0 Å². The number of methoxy groups -OCH3 is 1. The van der Waals surface area contributed by atoms with Crippen molar-refractivity contribution >= 4 is 16.0 Å². The number of carboxylic acid groups (broad SMARTS) is 1. The molecule has 0 saturated carbocycles. The molecule has 0 aliphatic carbocycles. The van der Waals surface area contributed by atoms with Gasteiger partial charge in [-0.2, -0.15) is 4.31 Å². The highest BCUT2D eigenvalue weighted by atomic mass is 32.2. The molecule has 1 atom stereocenters. The largest absolute Gasteiger partial charge is 0.497 e. The summed E-state index contributed by atoms with van der Waals surface area (Å²) in [5.74, 6) is -0.743. The number of nitrogens with zero attached hydrogens (tertiary/aromatic N) is 1. The number of carbonyl (C=O) groups is 1. The van der Waals surface area contributed by atoms with E-state index in [0.29, 0.717) is 5.75 Å². The quantitative estimate of drug-likeness (QED) is 0.841. The summed E-state index contributed by atoms with van der Waals surface area (Å²) in [7, 11) is -0.988. The van der Waals surface area contributed by atoms with Gasteiger partial charge in [0.05, 0.1) is 7.11 Å². The van der Waals surface area contributed by atoms with Crippen LogP contribution in [0.4, 0.5) is 0 Å². The SMILES string of the molecule is COc1cccc(CN(C)S(=O)(=O)C(C)C(=O)O)c1. The molecule has 1 rings (SSSR count). The Bertz CT molecular complexity index is 555. The number of hydrogen-bond donors (Lipinski definition) is 1. The number of aliphatic carboxylic acids is 1. The Kier molecular flexibility index (Phi) is 4.90. The first-order chi connectivity index (χ1) is 8.78. The van der Waals surface area contributed by atoms with Crippen LogP contribution in [-0.2, 0) is 21.4 Å². The molecule has 0 bridgehead atoms. The van der Waals surface area contributed by atoms with E-state index < -0.39 is 21.2 Å². The second-order valence-corrected chi connectivity index (χ2v) is 6.49. The van der Waals surface area contributed by atoms with Crippen LogP contribution in [0.5, 0.6) is 5.75 Å². The highest BCUT2D eigenvalue weighted by molar-refractivity contribution is 7.90. The summed E-state index contributed by atoms with van der Waals surface area (Å²) in [5, 5.41) is 7.32. The maximum Gasteiger partial charge on any atom is 0.323 e. The molecule has 1 aromatic rings. The summed E-state index contributed by atoms with van der Waals surface area (Å²) in [4.78, 5) is 10.8. The normalized spacial score (nSPS) is 13.3. The molecule has 0 radical (unpaired) electrons. The van der Waals surface area contributed by atoms with E-state index in [1.807, 2.05) is 0 Å². The van der Waals surface area contributed by atoms with E-state index in [2.05, 4.69) is 0 Å². The monoisotopic (exact) mass is 287 g/mol. The third-order valence-electron chi connectivity index (χ3n) is 2.77. The summed E-state index contributed by atoms with van der Waals surface area (Å²) in [6.45, 7) is 1.25. The highest BCUT2D eigenvalue weighted by Crippen LogP contribution is 2.16. The summed E-state index contributed by atoms with van der Waals surface area (Å²) in [5.41, 5.74) is 0.725. The lowest BCUT2D eigenvalue weighted by Crippen LogP contribution is -2.38. The molecule has 0 heterocycles. The van der Waals surface area contributed by atoms with Crippen molar-refractivity contribution in [2.45, 2.75) is 18.7 Å². The van der Waals surface area contributed by atoms with Crippen LogP contribution < -0.4 is 4.74 Å². The third kappa shape index (κ3) is 3.68. The number of ether oxygens (including phenoxy) is 1. The van der Waals surface area contributed by atoms with Crippen LogP contribution in [0.15, 0.2) is 24.3 Å². The molecule has 106 valence electrons. The molecule has 19 heavy (non-hydrogen) atoms. The topological polar surface area (TPSA) is 83.9 Å². The van der Waals surface area contributed by atoms with Crippen LogP contribution >= 0.6 is 0 Å². The number of benzene rings is 1. The van der Waals surface area contributed by atoms with Crippen molar-refractivity contribution < 1.29 is 23.1 Å². The van der Waals surface area contributed by atoms with Crippen LogP contribution in [0, 0.1) is 0 Å². The van der Waals surface area contributed by atoms with Gasteiger partial charge in [-0.05, 0) is 24.6 Å². The van der Waals surface area contributed by atoms with Crippen molar-refractivity contribution in [3.05, 3.63) is 29.8 Å². The minimum Gasteiger partial charge on any atom is -0.497 e. The Labute approximate surface area is 112 Å². The van der Waals surface area contributed by atoms with Gasteiger partial charge in [0.2, 0.25) is 10.0 Å². The first-order valence-electron chi connectivity index (χ1n) is 5.60. The molecule has 1 aromatic carbocycles. The first-order valence-corrected chi connectivity index (χ1v) is 7.10. The Morgan fingerprint density at radius 2 is 2.11 bits per heavy atom. The fourth-order valence-electron chi connectivity index (χ4n) is 1.52. The summed E-state index contributed by atoms with van der Waals surface area (Å²) >= 11 is 0. The van der Waals surface area contributed by atoms with Gasteiger partial charge in [0, 0.05) is 13.6 Å². The Balaban J connectivity index is 2.90. The zero-order chi connectivity index (χ0) is 14.6. The van der Waals surface area contributed by atoms with Crippen molar-refractivity contribution in [1.82, 2.24) is 4.31 Å². The van der Waals surface area contributed by atoms with Crippen molar-refractivity contribution in [2.75, 3.05) is 14.2 Å². The lowest BCUT2D eigenvalue weighted by molar-refractivity contribution is -0.136. The van der Waals surface area contributed by atoms with Crippen LogP contribution in [0.1, 0.15) is 12.5 Å². The Hall–Kier alpha value is -1.60. The van der Waals surface area contributed by atoms with Gasteiger partial charge in [0.15, 0.2) is 5.25 Å². The summed E-state index contributed by atoms with van der Waals surface area (Å²) < 4.78 is 30.0. The van der Waals surface area contributed by atoms with Crippen LogP contribution in [0.2, 0.25) is 0 Å². The van der Waals surface area contributed by atoms with Gasteiger partial charge < -0.3 is 9.84 Å². The molecule has 0 aliphatic heterocycles. The molecule has 1 unspecified atom stereocenters.